The van der Waals surface area contributed by atoms with Crippen LogP contribution in [0.2, 0.25) is 5.02 Å². The number of nitrogens with zero attached hydrogens (tertiary/aromatic N) is 1. The molecule has 7 nitrogen and oxygen atoms in total. The molecule has 0 spiro atoms. The first kappa shape index (κ1) is 22.0. The van der Waals surface area contributed by atoms with Gasteiger partial charge in [-0.1, -0.05) is 11.6 Å². The Balaban J connectivity index is 1.99. The largest absolute Gasteiger partial charge is 0.373 e. The highest BCUT2D eigenvalue weighted by molar-refractivity contribution is 6.48. The van der Waals surface area contributed by atoms with Crippen molar-refractivity contribution in [2.75, 3.05) is 11.9 Å². The number of benzene rings is 1. The molecule has 2 N–H and O–H groups in total. The van der Waals surface area contributed by atoms with Gasteiger partial charge in [0.25, 0.3) is 17.6 Å². The summed E-state index contributed by atoms with van der Waals surface area (Å²) in [4.78, 5) is 38.3. The zero-order chi connectivity index (χ0) is 22.2. The quantitative estimate of drug-likeness (QED) is 0.568. The molecule has 30 heavy (non-hydrogen) atoms. The van der Waals surface area contributed by atoms with Crippen molar-refractivity contribution in [1.82, 2.24) is 9.88 Å². The van der Waals surface area contributed by atoms with Crippen LogP contribution < -0.4 is 10.6 Å². The molecule has 1 aliphatic heterocycles. The number of aryl methyl sites for hydroxylation is 1. The predicted octanol–water partition coefficient (Wildman–Crippen LogP) is 3.47. The van der Waals surface area contributed by atoms with Crippen molar-refractivity contribution < 1.29 is 23.5 Å². The Morgan fingerprint density at radius 3 is 2.57 bits per heavy atom. The Labute approximate surface area is 178 Å². The molecule has 2 heterocycles. The second-order valence-electron chi connectivity index (χ2n) is 8.14. The number of carbonyl (C=O) groups excluding carboxylic acids is 3. The van der Waals surface area contributed by atoms with Crippen molar-refractivity contribution in [2.24, 2.45) is 0 Å². The molecule has 1 aromatic carbocycles. The van der Waals surface area contributed by atoms with Crippen LogP contribution in [-0.4, -0.2) is 34.3 Å². The molecule has 2 aromatic rings. The average Bonchev–Trinajstić information content (AvgIpc) is 2.94. The molecule has 0 atom stereocenters. The number of ether oxygens (including phenoxy) is 1. The van der Waals surface area contributed by atoms with Crippen LogP contribution in [-0.2, 0) is 22.7 Å². The normalized spacial score (nSPS) is 13.5. The van der Waals surface area contributed by atoms with Crippen LogP contribution in [0, 0.1) is 12.7 Å². The molecular weight excluding hydrogens is 413 g/mol. The molecule has 0 saturated carbocycles. The molecule has 0 aliphatic carbocycles. The number of aromatic nitrogens is 1. The minimum atomic E-state index is -0.824. The average molecular weight is 436 g/mol. The lowest BCUT2D eigenvalue weighted by molar-refractivity contribution is -0.118. The van der Waals surface area contributed by atoms with Crippen LogP contribution in [0.3, 0.4) is 0 Å². The maximum absolute atomic E-state index is 13.5. The number of nitrogens with one attached hydrogen (secondary N) is 2. The summed E-state index contributed by atoms with van der Waals surface area (Å²) in [5, 5.41) is 5.17. The van der Waals surface area contributed by atoms with Gasteiger partial charge in [0.05, 0.1) is 29.5 Å². The fraction of sp³-hybridized carbons (Fsp3) is 0.381. The fourth-order valence-electron chi connectivity index (χ4n) is 3.23. The van der Waals surface area contributed by atoms with Gasteiger partial charge in [-0.05, 0) is 51.5 Å². The van der Waals surface area contributed by atoms with Crippen molar-refractivity contribution in [2.45, 2.75) is 46.4 Å². The summed E-state index contributed by atoms with van der Waals surface area (Å²) in [7, 11) is 0. The van der Waals surface area contributed by atoms with Crippen LogP contribution in [0.1, 0.15) is 52.9 Å². The van der Waals surface area contributed by atoms with E-state index in [1.165, 1.54) is 18.2 Å². The molecule has 160 valence electrons. The maximum Gasteiger partial charge on any atom is 0.294 e. The van der Waals surface area contributed by atoms with Crippen LogP contribution in [0.4, 0.5) is 10.1 Å². The number of Topliss-reactive ketones (excluding diaryl/α,β-unsaturated/α-hetero) is 1. The molecule has 2 amide bonds. The van der Waals surface area contributed by atoms with Crippen molar-refractivity contribution in [1.29, 1.82) is 0 Å². The van der Waals surface area contributed by atoms with E-state index in [9.17, 15) is 18.8 Å². The Hall–Kier alpha value is -2.71. The number of hydrogen-bond acceptors (Lipinski definition) is 4. The molecule has 1 aromatic heterocycles. The highest BCUT2D eigenvalue weighted by Gasteiger charge is 2.34. The van der Waals surface area contributed by atoms with Gasteiger partial charge >= 0.3 is 0 Å². The number of carbonyl (C=O) groups is 3. The fourth-order valence-corrected chi connectivity index (χ4v) is 3.61. The summed E-state index contributed by atoms with van der Waals surface area (Å²) < 4.78 is 20.5. The molecule has 1 aliphatic rings. The Morgan fingerprint density at radius 1 is 1.23 bits per heavy atom. The van der Waals surface area contributed by atoms with Gasteiger partial charge in [-0.15, -0.1) is 0 Å². The Kier molecular flexibility index (Phi) is 6.01. The third-order valence-electron chi connectivity index (χ3n) is 4.56. The van der Waals surface area contributed by atoms with Crippen LogP contribution >= 0.6 is 11.6 Å². The first-order valence-corrected chi connectivity index (χ1v) is 9.80. The number of anilines is 1. The van der Waals surface area contributed by atoms with Crippen LogP contribution in [0.15, 0.2) is 18.2 Å². The van der Waals surface area contributed by atoms with E-state index < -0.39 is 29.0 Å². The van der Waals surface area contributed by atoms with E-state index in [4.69, 9.17) is 16.3 Å². The van der Waals surface area contributed by atoms with Gasteiger partial charge in [0, 0.05) is 17.8 Å². The van der Waals surface area contributed by atoms with Gasteiger partial charge in [0.1, 0.15) is 11.5 Å². The number of halogens is 2. The van der Waals surface area contributed by atoms with Gasteiger partial charge in [-0.25, -0.2) is 4.39 Å². The Bertz CT molecular complexity index is 1040. The number of fused-ring (bicyclic) bond motifs is 1. The smallest absolute Gasteiger partial charge is 0.294 e. The molecule has 0 unspecified atom stereocenters. The van der Waals surface area contributed by atoms with E-state index in [0.717, 1.165) is 0 Å². The summed E-state index contributed by atoms with van der Waals surface area (Å²) in [6, 6.07) is 4.16. The lowest BCUT2D eigenvalue weighted by Gasteiger charge is -2.21. The number of ketones is 1. The van der Waals surface area contributed by atoms with E-state index in [2.05, 4.69) is 10.6 Å². The first-order chi connectivity index (χ1) is 14.0. The highest BCUT2D eigenvalue weighted by atomic mass is 35.5. The van der Waals surface area contributed by atoms with Gasteiger partial charge < -0.3 is 19.9 Å². The third kappa shape index (κ3) is 4.39. The topological polar surface area (TPSA) is 89.4 Å². The summed E-state index contributed by atoms with van der Waals surface area (Å²) in [5.41, 5.74) is 0.568. The monoisotopic (exact) mass is 435 g/mol. The minimum absolute atomic E-state index is 0.0443. The van der Waals surface area contributed by atoms with Crippen molar-refractivity contribution in [3.8, 4) is 0 Å². The molecular formula is C21H23ClFN3O4. The standard InChI is InChI=1S/C21H23ClFN3O4/c1-11-9-12(5-6-13(11)23)24-19(28)15-14-10-30-8-7-26(14)17(16(15)22)18(27)20(29)25-21(2,3)4/h5-6,9H,7-8,10H2,1-4H3,(H,24,28)(H,25,29). The summed E-state index contributed by atoms with van der Waals surface area (Å²) in [6.07, 6.45) is 0. The molecule has 9 heteroatoms. The van der Waals surface area contributed by atoms with E-state index in [0.29, 0.717) is 23.6 Å². The van der Waals surface area contributed by atoms with E-state index >= 15 is 0 Å². The Morgan fingerprint density at radius 2 is 1.93 bits per heavy atom. The number of hydrogen-bond donors (Lipinski definition) is 2. The molecule has 0 radical (unpaired) electrons. The van der Waals surface area contributed by atoms with Gasteiger partial charge in [0.2, 0.25) is 0 Å². The summed E-state index contributed by atoms with van der Waals surface area (Å²) in [5.74, 6) is -2.60. The zero-order valence-electron chi connectivity index (χ0n) is 17.2. The summed E-state index contributed by atoms with van der Waals surface area (Å²) in [6.45, 7) is 7.51. The van der Waals surface area contributed by atoms with E-state index in [-0.39, 0.29) is 29.4 Å². The third-order valence-corrected chi connectivity index (χ3v) is 4.93. The maximum atomic E-state index is 13.5. The minimum Gasteiger partial charge on any atom is -0.373 e. The summed E-state index contributed by atoms with van der Waals surface area (Å²) >= 11 is 6.45. The number of rotatable bonds is 4. The second-order valence-corrected chi connectivity index (χ2v) is 8.52. The molecule has 0 fully saturated rings. The van der Waals surface area contributed by atoms with Gasteiger partial charge in [-0.3, -0.25) is 14.4 Å². The molecule has 0 bridgehead atoms. The first-order valence-electron chi connectivity index (χ1n) is 9.42. The lowest BCUT2D eigenvalue weighted by Crippen LogP contribution is -2.44. The highest BCUT2D eigenvalue weighted by Crippen LogP contribution is 2.32. The predicted molar refractivity (Wildman–Crippen MR) is 110 cm³/mol. The second kappa shape index (κ2) is 8.20. The molecule has 0 saturated heterocycles. The van der Waals surface area contributed by atoms with E-state index in [1.54, 1.807) is 32.3 Å². The van der Waals surface area contributed by atoms with Gasteiger partial charge in [-0.2, -0.15) is 0 Å². The van der Waals surface area contributed by atoms with Crippen LogP contribution in [0.5, 0.6) is 0 Å². The van der Waals surface area contributed by atoms with E-state index in [1.807, 2.05) is 0 Å². The SMILES string of the molecule is Cc1cc(NC(=O)c2c(Cl)c(C(=O)C(=O)NC(C)(C)C)n3c2COCC3)ccc1F. The lowest BCUT2D eigenvalue weighted by atomic mass is 10.1. The van der Waals surface area contributed by atoms with Crippen LogP contribution in [0.25, 0.3) is 0 Å². The van der Waals surface area contributed by atoms with Crippen molar-refractivity contribution in [3.05, 3.63) is 51.6 Å². The molecule has 3 rings (SSSR count). The zero-order valence-corrected chi connectivity index (χ0v) is 17.9. The van der Waals surface area contributed by atoms with Crippen molar-refractivity contribution >= 4 is 34.9 Å². The van der Waals surface area contributed by atoms with Gasteiger partial charge in [0.15, 0.2) is 0 Å². The van der Waals surface area contributed by atoms with Crippen molar-refractivity contribution in [3.63, 3.8) is 0 Å². The number of amides is 2.